The average molecular weight is 1060 g/mol. The van der Waals surface area contributed by atoms with Crippen LogP contribution in [-0.4, -0.2) is 204 Å². The van der Waals surface area contributed by atoms with Gasteiger partial charge in [-0.25, -0.2) is 36.3 Å². The molecule has 5 aliphatic heterocycles. The highest BCUT2D eigenvalue weighted by Crippen LogP contribution is 2.33. The number of aromatic nitrogens is 4. The molecule has 5 saturated heterocycles. The fourth-order valence-corrected chi connectivity index (χ4v) is 15.2. The summed E-state index contributed by atoms with van der Waals surface area (Å²) in [6.07, 6.45) is 14.8. The number of aliphatic imine (C=N–C) groups is 1. The van der Waals surface area contributed by atoms with Crippen molar-refractivity contribution >= 4 is 60.2 Å². The smallest absolute Gasteiger partial charge is 0.254 e. The van der Waals surface area contributed by atoms with Crippen LogP contribution in [0.4, 0.5) is 14.7 Å². The summed E-state index contributed by atoms with van der Waals surface area (Å²) in [6, 6.07) is 7.52. The normalized spacial score (nSPS) is 22.6. The number of thiazole rings is 2. The summed E-state index contributed by atoms with van der Waals surface area (Å²) in [7, 11) is -0.985. The number of ether oxygens (including phenoxy) is 1. The fourth-order valence-electron chi connectivity index (χ4n) is 10.1. The van der Waals surface area contributed by atoms with Gasteiger partial charge >= 0.3 is 0 Å². The summed E-state index contributed by atoms with van der Waals surface area (Å²) in [5, 5.41) is 1.79. The predicted octanol–water partition coefficient (Wildman–Crippen LogP) is 4.66. The van der Waals surface area contributed by atoms with E-state index in [1.807, 2.05) is 44.0 Å². The van der Waals surface area contributed by atoms with Crippen molar-refractivity contribution in [1.29, 1.82) is 0 Å². The van der Waals surface area contributed by atoms with E-state index in [9.17, 15) is 17.0 Å². The Balaban J connectivity index is 0.000000193. The molecule has 0 amide bonds. The summed E-state index contributed by atoms with van der Waals surface area (Å²) in [4.78, 5) is 31.8. The van der Waals surface area contributed by atoms with Gasteiger partial charge in [-0.3, -0.25) is 19.7 Å². The number of hydrogen-bond donors (Lipinski definition) is 1. The van der Waals surface area contributed by atoms with E-state index in [4.69, 9.17) is 10.5 Å². The molecule has 8 heterocycles. The maximum absolute atomic E-state index is 13.4. The number of rotatable bonds is 17. The quantitative estimate of drug-likeness (QED) is 0.145. The molecule has 2 N–H and O–H groups in total. The molecule has 0 bridgehead atoms. The number of methoxy groups -OCH3 is 1. The van der Waals surface area contributed by atoms with Crippen molar-refractivity contribution in [2.75, 3.05) is 135 Å². The summed E-state index contributed by atoms with van der Waals surface area (Å²) in [5.41, 5.74) is 9.18. The number of likely N-dealkylation sites (N-methyl/N-ethyl adjacent to an activating group) is 1. The molecule has 0 spiro atoms. The highest BCUT2D eigenvalue weighted by molar-refractivity contribution is 7.91. The van der Waals surface area contributed by atoms with E-state index >= 15 is 0 Å². The molecule has 5 unspecified atom stereocenters. The number of fused-ring (bicyclic) bond motifs is 1. The minimum absolute atomic E-state index is 0.0314. The molecular weight excluding hydrogens is 984 g/mol. The maximum Gasteiger partial charge on any atom is 0.254 e. The average Bonchev–Trinajstić information content (AvgIpc) is 4.25. The number of nitrogens with zero attached hydrogens (tertiary/aromatic N) is 13. The van der Waals surface area contributed by atoms with Crippen LogP contribution in [0.15, 0.2) is 74.5 Å². The van der Waals surface area contributed by atoms with Crippen LogP contribution in [0.3, 0.4) is 0 Å². The van der Waals surface area contributed by atoms with Gasteiger partial charge in [0.25, 0.3) is 10.0 Å². The molecule has 3 aromatic heterocycles. The number of sulfonamides is 1. The number of imidazole rings is 1. The molecule has 0 radical (unpaired) electrons. The van der Waals surface area contributed by atoms with Crippen LogP contribution in [0.2, 0.25) is 0 Å². The first-order valence-electron chi connectivity index (χ1n) is 25.1. The molecule has 390 valence electrons. The van der Waals surface area contributed by atoms with Gasteiger partial charge in [-0.2, -0.15) is 4.31 Å². The molecule has 4 aromatic rings. The first kappa shape index (κ1) is 53.5. The van der Waals surface area contributed by atoms with Gasteiger partial charge in [0.15, 0.2) is 14.5 Å². The molecule has 18 nitrogen and oxygen atoms in total. The Kier molecular flexibility index (Phi) is 18.8. The monoisotopic (exact) mass is 1060 g/mol. The number of benzene rings is 1. The Bertz CT molecular complexity index is 2500. The molecule has 23 heteroatoms. The van der Waals surface area contributed by atoms with Gasteiger partial charge in [0.2, 0.25) is 0 Å². The Morgan fingerprint density at radius 3 is 2.30 bits per heavy atom. The number of anilines is 2. The lowest BCUT2D eigenvalue weighted by atomic mass is 10.1. The van der Waals surface area contributed by atoms with E-state index in [2.05, 4.69) is 79.1 Å². The Morgan fingerprint density at radius 2 is 1.58 bits per heavy atom. The van der Waals surface area contributed by atoms with Gasteiger partial charge in [-0.05, 0) is 70.8 Å². The van der Waals surface area contributed by atoms with Crippen molar-refractivity contribution < 1.29 is 21.8 Å². The van der Waals surface area contributed by atoms with Crippen LogP contribution in [0, 0.1) is 5.82 Å². The number of halogens is 1. The van der Waals surface area contributed by atoms with E-state index in [0.717, 1.165) is 111 Å². The molecule has 0 saturated carbocycles. The van der Waals surface area contributed by atoms with Crippen molar-refractivity contribution in [1.82, 2.24) is 47.7 Å². The summed E-state index contributed by atoms with van der Waals surface area (Å²) >= 11 is 2.86. The molecule has 9 rings (SSSR count). The molecule has 71 heavy (non-hydrogen) atoms. The lowest BCUT2D eigenvalue weighted by molar-refractivity contribution is 0.116. The second-order valence-corrected chi connectivity index (χ2v) is 24.8. The lowest BCUT2D eigenvalue weighted by Crippen LogP contribution is -2.53. The second kappa shape index (κ2) is 25.0. The van der Waals surface area contributed by atoms with E-state index in [1.165, 1.54) is 49.1 Å². The maximum atomic E-state index is 13.4. The van der Waals surface area contributed by atoms with Gasteiger partial charge in [-0.1, -0.05) is 41.7 Å². The van der Waals surface area contributed by atoms with Crippen LogP contribution in [0.1, 0.15) is 69.8 Å². The van der Waals surface area contributed by atoms with E-state index in [0.29, 0.717) is 48.7 Å². The van der Waals surface area contributed by atoms with E-state index < -0.39 is 21.0 Å². The van der Waals surface area contributed by atoms with Crippen molar-refractivity contribution in [3.8, 4) is 0 Å². The molecule has 5 fully saturated rings. The summed E-state index contributed by atoms with van der Waals surface area (Å²) in [6.45, 7) is 20.1. The Morgan fingerprint density at radius 1 is 0.887 bits per heavy atom. The largest absolute Gasteiger partial charge is 0.400 e. The Hall–Kier alpha value is -3.75. The van der Waals surface area contributed by atoms with Crippen molar-refractivity contribution in [3.63, 3.8) is 0 Å². The molecular formula is C48H73FN14O4S4. The summed E-state index contributed by atoms with van der Waals surface area (Å²) in [5.74, 6) is -0.225. The molecule has 5 aliphatic rings. The number of nitrogens with two attached hydrogens (primary N) is 1. The van der Waals surface area contributed by atoms with Crippen molar-refractivity contribution in [3.05, 3.63) is 78.2 Å². The summed E-state index contributed by atoms with van der Waals surface area (Å²) < 4.78 is 65.6. The number of hydrogen-bond acceptors (Lipinski definition) is 17. The third-order valence-corrected chi connectivity index (χ3v) is 20.7. The predicted molar refractivity (Wildman–Crippen MR) is 283 cm³/mol. The van der Waals surface area contributed by atoms with Crippen LogP contribution < -0.4 is 15.5 Å². The van der Waals surface area contributed by atoms with E-state index in [1.54, 1.807) is 29.0 Å². The molecule has 1 aromatic carbocycles. The topological polar surface area (TPSA) is 168 Å². The molecule has 5 atom stereocenters. The van der Waals surface area contributed by atoms with Gasteiger partial charge in [-0.15, -0.1) is 0 Å². The van der Waals surface area contributed by atoms with Gasteiger partial charge in [0, 0.05) is 148 Å². The van der Waals surface area contributed by atoms with Crippen LogP contribution in [0.25, 0.3) is 0 Å². The minimum atomic E-state index is -3.56. The zero-order chi connectivity index (χ0) is 50.1. The third-order valence-electron chi connectivity index (χ3n) is 14.5. The lowest BCUT2D eigenvalue weighted by Gasteiger charge is -2.38. The standard InChI is InChI=1S/C27H36FN7OS2.C21H37N7O3S2/c1-20(22-5-7-23(28)8-6-22)35-19-29-16-25(35)21(2)31-12-14-34(15-13-31)38(36)26-17-30-27(37-26)33-11-10-32-9-3-4-24(32)18-33;1-4-6-23-16-18(22)19(5-15-31-3)26-11-13-28(14-12-26)33(29,30)20-17-24-21(32-20)27-9-7-25(2)8-10-27/h5-8,16-17,19-21,24H,3-4,9-15,18H2,1-2H3;6,16-17,19H,4-5,7-15,22H2,1-3H3/b;18-16-,23-6?. The third kappa shape index (κ3) is 13.1. The van der Waals surface area contributed by atoms with Crippen molar-refractivity contribution in [2.24, 2.45) is 10.7 Å². The van der Waals surface area contributed by atoms with Crippen LogP contribution in [-0.2, 0) is 25.7 Å². The van der Waals surface area contributed by atoms with Crippen LogP contribution >= 0.6 is 22.7 Å². The van der Waals surface area contributed by atoms with Gasteiger partial charge < -0.3 is 29.7 Å². The SMILES string of the molecule is CC(c1cncn1C(C)c1ccc(F)cc1)N1CCN(S(=O)c2cnc(N3CCN4CCCC4C3)s2)CC1.CCC=N/C=C(\N)C(CCOC)N1CCN(S(=O)(=O)c2cnc(N3CCN(C)CC3)s2)CC1. The van der Waals surface area contributed by atoms with E-state index in [-0.39, 0.29) is 23.9 Å². The van der Waals surface area contributed by atoms with Crippen molar-refractivity contribution in [2.45, 2.75) is 79.0 Å². The first-order chi connectivity index (χ1) is 34.3. The first-order valence-corrected chi connectivity index (χ1v) is 29.2. The fraction of sp³-hybridized carbons (Fsp3) is 0.625. The zero-order valence-corrected chi connectivity index (χ0v) is 45.2. The Labute approximate surface area is 430 Å². The van der Waals surface area contributed by atoms with Gasteiger partial charge in [0.1, 0.15) is 21.0 Å². The zero-order valence-electron chi connectivity index (χ0n) is 42.0. The highest BCUT2D eigenvalue weighted by atomic mass is 32.2. The second-order valence-electron chi connectivity index (χ2n) is 18.9. The van der Waals surface area contributed by atoms with Crippen LogP contribution in [0.5, 0.6) is 0 Å². The van der Waals surface area contributed by atoms with Gasteiger partial charge in [0.05, 0.1) is 36.5 Å². The highest BCUT2D eigenvalue weighted by Gasteiger charge is 2.35. The molecule has 0 aliphatic carbocycles. The number of piperazine rings is 4. The minimum Gasteiger partial charge on any atom is -0.400 e.